The van der Waals surface area contributed by atoms with Crippen LogP contribution in [0.25, 0.3) is 0 Å². The second kappa shape index (κ2) is 4.58. The van der Waals surface area contributed by atoms with Crippen LogP contribution in [-0.2, 0) is 0 Å². The number of anilines is 3. The van der Waals surface area contributed by atoms with E-state index in [2.05, 4.69) is 28.2 Å². The highest BCUT2D eigenvalue weighted by atomic mass is 79.9. The molecular weight excluding hydrogens is 264 g/mol. The molecule has 82 valence electrons. The summed E-state index contributed by atoms with van der Waals surface area (Å²) in [5.41, 5.74) is 9.79. The maximum atomic E-state index is 5.76. The molecule has 0 unspecified atom stereocenters. The first-order valence-electron chi connectivity index (χ1n) is 5.04. The summed E-state index contributed by atoms with van der Waals surface area (Å²) in [5.74, 6) is 0. The van der Waals surface area contributed by atoms with E-state index in [4.69, 9.17) is 5.73 Å². The van der Waals surface area contributed by atoms with Crippen LogP contribution in [0.1, 0.15) is 5.56 Å². The number of hydrogen-bond acceptors (Lipinski definition) is 2. The number of nitrogens with one attached hydrogen (secondary N) is 1. The lowest BCUT2D eigenvalue weighted by Gasteiger charge is -2.10. The molecule has 3 N–H and O–H groups in total. The van der Waals surface area contributed by atoms with Gasteiger partial charge in [0.25, 0.3) is 0 Å². The lowest BCUT2D eigenvalue weighted by Crippen LogP contribution is -1.95. The van der Waals surface area contributed by atoms with Crippen LogP contribution in [0.4, 0.5) is 17.1 Å². The van der Waals surface area contributed by atoms with Gasteiger partial charge in [-0.3, -0.25) is 0 Å². The van der Waals surface area contributed by atoms with Gasteiger partial charge in [-0.05, 0) is 42.8 Å². The van der Waals surface area contributed by atoms with Gasteiger partial charge in [0.15, 0.2) is 0 Å². The van der Waals surface area contributed by atoms with Gasteiger partial charge in [-0.15, -0.1) is 0 Å². The van der Waals surface area contributed by atoms with E-state index in [9.17, 15) is 0 Å². The lowest BCUT2D eigenvalue weighted by molar-refractivity contribution is 1.43. The predicted molar refractivity (Wildman–Crippen MR) is 73.0 cm³/mol. The van der Waals surface area contributed by atoms with Crippen molar-refractivity contribution in [1.82, 2.24) is 0 Å². The highest BCUT2D eigenvalue weighted by molar-refractivity contribution is 9.10. The summed E-state index contributed by atoms with van der Waals surface area (Å²) in [4.78, 5) is 0. The van der Waals surface area contributed by atoms with Crippen molar-refractivity contribution in [1.29, 1.82) is 0 Å². The van der Waals surface area contributed by atoms with Crippen molar-refractivity contribution >= 4 is 33.0 Å². The molecule has 2 rings (SSSR count). The van der Waals surface area contributed by atoms with Crippen LogP contribution in [0.3, 0.4) is 0 Å². The van der Waals surface area contributed by atoms with E-state index in [0.29, 0.717) is 0 Å². The van der Waals surface area contributed by atoms with Crippen molar-refractivity contribution in [2.45, 2.75) is 6.92 Å². The summed E-state index contributed by atoms with van der Waals surface area (Å²) in [6.07, 6.45) is 0. The Morgan fingerprint density at radius 3 is 2.69 bits per heavy atom. The van der Waals surface area contributed by atoms with E-state index in [-0.39, 0.29) is 0 Å². The molecule has 0 atom stereocenters. The van der Waals surface area contributed by atoms with Gasteiger partial charge in [0, 0.05) is 21.5 Å². The Labute approximate surface area is 104 Å². The molecule has 2 nitrogen and oxygen atoms in total. The van der Waals surface area contributed by atoms with Gasteiger partial charge in [-0.25, -0.2) is 0 Å². The number of halogens is 1. The Morgan fingerprint density at radius 2 is 1.94 bits per heavy atom. The van der Waals surface area contributed by atoms with E-state index in [1.807, 2.05) is 42.5 Å². The molecular formula is C13H13BrN2. The molecule has 0 amide bonds. The van der Waals surface area contributed by atoms with E-state index in [0.717, 1.165) is 21.5 Å². The van der Waals surface area contributed by atoms with E-state index >= 15 is 0 Å². The average molecular weight is 277 g/mol. The molecule has 0 aliphatic rings. The molecule has 0 aliphatic carbocycles. The molecule has 0 aromatic heterocycles. The van der Waals surface area contributed by atoms with Crippen molar-refractivity contribution in [3.63, 3.8) is 0 Å². The number of aryl methyl sites for hydroxylation is 1. The monoisotopic (exact) mass is 276 g/mol. The minimum absolute atomic E-state index is 0.767. The van der Waals surface area contributed by atoms with Crippen LogP contribution in [0, 0.1) is 6.92 Å². The Balaban J connectivity index is 2.30. The van der Waals surface area contributed by atoms with E-state index < -0.39 is 0 Å². The normalized spacial score (nSPS) is 10.1. The Bertz CT molecular complexity index is 509. The van der Waals surface area contributed by atoms with Gasteiger partial charge in [0.05, 0.1) is 0 Å². The highest BCUT2D eigenvalue weighted by Crippen LogP contribution is 2.24. The predicted octanol–water partition coefficient (Wildman–Crippen LogP) is 4.08. The van der Waals surface area contributed by atoms with Crippen LogP contribution < -0.4 is 11.1 Å². The molecule has 2 aromatic rings. The molecule has 0 spiro atoms. The first-order chi connectivity index (χ1) is 7.65. The summed E-state index contributed by atoms with van der Waals surface area (Å²) in [5, 5.41) is 3.34. The van der Waals surface area contributed by atoms with Gasteiger partial charge in [0.1, 0.15) is 0 Å². The number of benzene rings is 2. The number of nitrogen functional groups attached to an aromatic ring is 1. The fourth-order valence-corrected chi connectivity index (χ4v) is 1.90. The van der Waals surface area contributed by atoms with Crippen LogP contribution in [0.15, 0.2) is 46.9 Å². The quantitative estimate of drug-likeness (QED) is 0.811. The van der Waals surface area contributed by atoms with Gasteiger partial charge >= 0.3 is 0 Å². The Kier molecular flexibility index (Phi) is 3.15. The van der Waals surface area contributed by atoms with Crippen molar-refractivity contribution in [3.8, 4) is 0 Å². The Hall–Kier alpha value is -1.48. The summed E-state index contributed by atoms with van der Waals surface area (Å²) >= 11 is 3.44. The van der Waals surface area contributed by atoms with Gasteiger partial charge in [-0.1, -0.05) is 28.1 Å². The molecule has 0 bridgehead atoms. The second-order valence-corrected chi connectivity index (χ2v) is 4.63. The van der Waals surface area contributed by atoms with Crippen molar-refractivity contribution in [2.24, 2.45) is 0 Å². The third-order valence-corrected chi connectivity index (χ3v) is 2.86. The van der Waals surface area contributed by atoms with Crippen LogP contribution in [0.5, 0.6) is 0 Å². The van der Waals surface area contributed by atoms with Gasteiger partial charge < -0.3 is 11.1 Å². The van der Waals surface area contributed by atoms with Gasteiger partial charge in [0.2, 0.25) is 0 Å². The fraction of sp³-hybridized carbons (Fsp3) is 0.0769. The number of rotatable bonds is 2. The molecule has 0 saturated carbocycles. The minimum Gasteiger partial charge on any atom is -0.399 e. The molecule has 0 aliphatic heterocycles. The van der Waals surface area contributed by atoms with Gasteiger partial charge in [-0.2, -0.15) is 0 Å². The topological polar surface area (TPSA) is 38.0 Å². The zero-order valence-electron chi connectivity index (χ0n) is 9.00. The van der Waals surface area contributed by atoms with Crippen molar-refractivity contribution in [2.75, 3.05) is 11.1 Å². The average Bonchev–Trinajstić information content (AvgIpc) is 2.24. The standard InChI is InChI=1S/C13H13BrN2/c1-9-5-6-11(15)8-13(9)16-12-4-2-3-10(14)7-12/h2-8,16H,15H2,1H3. The maximum absolute atomic E-state index is 5.76. The van der Waals surface area contributed by atoms with Crippen LogP contribution in [0.2, 0.25) is 0 Å². The molecule has 0 fully saturated rings. The molecule has 0 saturated heterocycles. The van der Waals surface area contributed by atoms with Crippen molar-refractivity contribution < 1.29 is 0 Å². The lowest BCUT2D eigenvalue weighted by atomic mass is 10.1. The number of hydrogen-bond donors (Lipinski definition) is 2. The molecule has 3 heteroatoms. The molecule has 0 heterocycles. The Morgan fingerprint density at radius 1 is 1.12 bits per heavy atom. The largest absolute Gasteiger partial charge is 0.399 e. The summed E-state index contributed by atoms with van der Waals surface area (Å²) < 4.78 is 1.05. The van der Waals surface area contributed by atoms with Crippen LogP contribution in [-0.4, -0.2) is 0 Å². The minimum atomic E-state index is 0.767. The SMILES string of the molecule is Cc1ccc(N)cc1Nc1cccc(Br)c1. The zero-order valence-corrected chi connectivity index (χ0v) is 10.6. The maximum Gasteiger partial charge on any atom is 0.0434 e. The zero-order chi connectivity index (χ0) is 11.5. The fourth-order valence-electron chi connectivity index (χ4n) is 1.50. The third-order valence-electron chi connectivity index (χ3n) is 2.37. The van der Waals surface area contributed by atoms with E-state index in [1.165, 1.54) is 5.56 Å². The van der Waals surface area contributed by atoms with Crippen molar-refractivity contribution in [3.05, 3.63) is 52.5 Å². The molecule has 0 radical (unpaired) electrons. The summed E-state index contributed by atoms with van der Waals surface area (Å²) in [6, 6.07) is 13.9. The third kappa shape index (κ3) is 2.55. The number of nitrogens with two attached hydrogens (primary N) is 1. The smallest absolute Gasteiger partial charge is 0.0434 e. The highest BCUT2D eigenvalue weighted by Gasteiger charge is 1.99. The molecule has 2 aromatic carbocycles. The first kappa shape index (κ1) is 11.0. The van der Waals surface area contributed by atoms with Crippen LogP contribution >= 0.6 is 15.9 Å². The van der Waals surface area contributed by atoms with E-state index in [1.54, 1.807) is 0 Å². The second-order valence-electron chi connectivity index (χ2n) is 3.71. The first-order valence-corrected chi connectivity index (χ1v) is 5.83. The summed E-state index contributed by atoms with van der Waals surface area (Å²) in [7, 11) is 0. The summed E-state index contributed by atoms with van der Waals surface area (Å²) in [6.45, 7) is 2.06. The molecule has 16 heavy (non-hydrogen) atoms.